The number of hydrogen-bond acceptors (Lipinski definition) is 6. The quantitative estimate of drug-likeness (QED) is 0.676. The summed E-state index contributed by atoms with van der Waals surface area (Å²) in [7, 11) is 1.75. The molecule has 7 heteroatoms. The smallest absolute Gasteiger partial charge is 0.252 e. The predicted molar refractivity (Wildman–Crippen MR) is 88.4 cm³/mol. The van der Waals surface area contributed by atoms with Crippen LogP contribution in [-0.4, -0.2) is 34.1 Å². The van der Waals surface area contributed by atoms with E-state index in [2.05, 4.69) is 10.3 Å². The van der Waals surface area contributed by atoms with Crippen LogP contribution in [-0.2, 0) is 4.79 Å². The first kappa shape index (κ1) is 15.2. The molecule has 114 valence electrons. The van der Waals surface area contributed by atoms with Crippen LogP contribution in [0.2, 0.25) is 0 Å². The fraction of sp³-hybridized carbons (Fsp3) is 0.267. The number of ketones is 1. The lowest BCUT2D eigenvalue weighted by Crippen LogP contribution is -2.46. The summed E-state index contributed by atoms with van der Waals surface area (Å²) in [6.07, 6.45) is 0. The molecule has 1 aromatic carbocycles. The Balaban J connectivity index is 1.85. The van der Waals surface area contributed by atoms with Gasteiger partial charge in [0, 0.05) is 15.3 Å². The zero-order chi connectivity index (χ0) is 15.9. The number of rotatable bonds is 2. The van der Waals surface area contributed by atoms with E-state index in [0.717, 1.165) is 15.5 Å². The molecule has 22 heavy (non-hydrogen) atoms. The molecule has 0 radical (unpaired) electrons. The summed E-state index contributed by atoms with van der Waals surface area (Å²) >= 11 is 2.82. The molecule has 1 aliphatic rings. The second-order valence-electron chi connectivity index (χ2n) is 5.05. The van der Waals surface area contributed by atoms with Crippen molar-refractivity contribution < 1.29 is 9.59 Å². The minimum Gasteiger partial charge on any atom is -0.300 e. The van der Waals surface area contributed by atoms with Crippen molar-refractivity contribution >= 4 is 40.1 Å². The molecular weight excluding hydrogens is 318 g/mol. The molecule has 0 aliphatic carbocycles. The van der Waals surface area contributed by atoms with Crippen LogP contribution in [0.3, 0.4) is 0 Å². The molecular formula is C15H15N3O2S2. The first-order valence-corrected chi connectivity index (χ1v) is 8.35. The summed E-state index contributed by atoms with van der Waals surface area (Å²) in [4.78, 5) is 31.3. The zero-order valence-corrected chi connectivity index (χ0v) is 14.0. The van der Waals surface area contributed by atoms with Gasteiger partial charge in [0.1, 0.15) is 0 Å². The molecule has 1 aromatic heterocycles. The lowest BCUT2D eigenvalue weighted by atomic mass is 10.0. The van der Waals surface area contributed by atoms with Crippen molar-refractivity contribution in [1.82, 2.24) is 9.29 Å². The summed E-state index contributed by atoms with van der Waals surface area (Å²) in [5, 5.41) is 3.29. The van der Waals surface area contributed by atoms with Crippen molar-refractivity contribution in [3.8, 4) is 0 Å². The maximum absolute atomic E-state index is 12.6. The number of carbonyl (C=O) groups excluding carboxylic acids is 2. The van der Waals surface area contributed by atoms with Crippen molar-refractivity contribution in [3.05, 3.63) is 40.4 Å². The third-order valence-electron chi connectivity index (χ3n) is 3.51. The Bertz CT molecular complexity index is 737. The second-order valence-corrected chi connectivity index (χ2v) is 7.45. The van der Waals surface area contributed by atoms with Gasteiger partial charge in [-0.15, -0.1) is 11.3 Å². The average Bonchev–Trinajstić information content (AvgIpc) is 2.77. The number of thiazole rings is 1. The number of aryl methyl sites for hydroxylation is 2. The topological polar surface area (TPSA) is 62.3 Å². The molecule has 0 saturated heterocycles. The van der Waals surface area contributed by atoms with Gasteiger partial charge in [0.15, 0.2) is 17.0 Å². The molecule has 2 heterocycles. The Morgan fingerprint density at radius 3 is 2.73 bits per heavy atom. The molecule has 0 spiro atoms. The number of carbonyl (C=O) groups is 2. The van der Waals surface area contributed by atoms with Gasteiger partial charge in [0.2, 0.25) is 0 Å². The van der Waals surface area contributed by atoms with Crippen LogP contribution >= 0.6 is 23.3 Å². The Morgan fingerprint density at radius 1 is 1.32 bits per heavy atom. The van der Waals surface area contributed by atoms with Crippen LogP contribution in [0.4, 0.5) is 5.13 Å². The highest BCUT2D eigenvalue weighted by atomic mass is 32.2. The van der Waals surface area contributed by atoms with E-state index in [1.54, 1.807) is 17.4 Å². The van der Waals surface area contributed by atoms with Gasteiger partial charge in [0.25, 0.3) is 5.91 Å². The lowest BCUT2D eigenvalue weighted by Gasteiger charge is -2.30. The van der Waals surface area contributed by atoms with Crippen molar-refractivity contribution in [1.29, 1.82) is 0 Å². The van der Waals surface area contributed by atoms with Crippen molar-refractivity contribution in [2.24, 2.45) is 0 Å². The summed E-state index contributed by atoms with van der Waals surface area (Å²) in [6.45, 7) is 3.85. The van der Waals surface area contributed by atoms with Gasteiger partial charge in [-0.05, 0) is 38.9 Å². The van der Waals surface area contributed by atoms with E-state index in [1.165, 1.54) is 23.3 Å². The van der Waals surface area contributed by atoms with Gasteiger partial charge in [0.05, 0.1) is 5.69 Å². The fourth-order valence-corrected chi connectivity index (χ4v) is 4.09. The number of aromatic nitrogens is 1. The number of likely N-dealkylation sites (N-methyl/N-ethyl adjacent to an activating group) is 1. The Morgan fingerprint density at radius 2 is 2.05 bits per heavy atom. The predicted octanol–water partition coefficient (Wildman–Crippen LogP) is 2.90. The highest BCUT2D eigenvalue weighted by molar-refractivity contribution is 7.97. The summed E-state index contributed by atoms with van der Waals surface area (Å²) in [5.74, 6) is -0.525. The summed E-state index contributed by atoms with van der Waals surface area (Å²) < 4.78 is 1.69. The van der Waals surface area contributed by atoms with Gasteiger partial charge >= 0.3 is 0 Å². The van der Waals surface area contributed by atoms with Gasteiger partial charge < -0.3 is 5.32 Å². The van der Waals surface area contributed by atoms with E-state index in [4.69, 9.17) is 0 Å². The van der Waals surface area contributed by atoms with Crippen LogP contribution in [0.5, 0.6) is 0 Å². The van der Waals surface area contributed by atoms with Crippen LogP contribution < -0.4 is 5.32 Å². The Hall–Kier alpha value is -1.70. The maximum atomic E-state index is 12.6. The van der Waals surface area contributed by atoms with Crippen LogP contribution in [0, 0.1) is 13.8 Å². The van der Waals surface area contributed by atoms with Crippen LogP contribution in [0.1, 0.15) is 20.9 Å². The molecule has 1 atom stereocenters. The van der Waals surface area contributed by atoms with Gasteiger partial charge in [-0.3, -0.25) is 9.59 Å². The molecule has 5 nitrogen and oxygen atoms in total. The second kappa shape index (κ2) is 5.83. The number of benzene rings is 1. The summed E-state index contributed by atoms with van der Waals surface area (Å²) in [5.41, 5.74) is 1.49. The number of nitrogens with one attached hydrogen (secondary N) is 1. The Labute approximate surface area is 136 Å². The van der Waals surface area contributed by atoms with Crippen LogP contribution in [0.25, 0.3) is 0 Å². The third kappa shape index (κ3) is 2.67. The maximum Gasteiger partial charge on any atom is 0.252 e. The average molecular weight is 333 g/mol. The van der Waals surface area contributed by atoms with E-state index >= 15 is 0 Å². The summed E-state index contributed by atoms with van der Waals surface area (Å²) in [6, 6.07) is 6.50. The van der Waals surface area contributed by atoms with E-state index in [1.807, 2.05) is 32.0 Å². The number of hydrogen-bond donors (Lipinski definition) is 1. The lowest BCUT2D eigenvalue weighted by molar-refractivity contribution is -0.118. The number of anilines is 1. The van der Waals surface area contributed by atoms with E-state index in [-0.39, 0.29) is 11.7 Å². The first-order chi connectivity index (χ1) is 10.5. The molecule has 0 bridgehead atoms. The standard InChI is InChI=1S/C15H15N3O2S2/c1-8-9(2)21-15(16-8)17-14(20)12-13(19)10-6-4-5-7-11(10)22-18(12)3/h4-7,12H,1-3H3,(H,16,17,20). The molecule has 1 N–H and O–H groups in total. The van der Waals surface area contributed by atoms with Crippen molar-refractivity contribution in [2.45, 2.75) is 24.8 Å². The number of amides is 1. The van der Waals surface area contributed by atoms with Gasteiger partial charge in [-0.1, -0.05) is 18.2 Å². The first-order valence-electron chi connectivity index (χ1n) is 6.76. The van der Waals surface area contributed by atoms with Gasteiger partial charge in [-0.2, -0.15) is 0 Å². The highest BCUT2D eigenvalue weighted by Crippen LogP contribution is 2.34. The van der Waals surface area contributed by atoms with Crippen molar-refractivity contribution in [2.75, 3.05) is 12.4 Å². The molecule has 1 unspecified atom stereocenters. The molecule has 3 rings (SSSR count). The molecule has 1 amide bonds. The monoisotopic (exact) mass is 333 g/mol. The zero-order valence-electron chi connectivity index (χ0n) is 12.4. The Kier molecular flexibility index (Phi) is 4.03. The number of fused-ring (bicyclic) bond motifs is 1. The van der Waals surface area contributed by atoms with Crippen LogP contribution in [0.15, 0.2) is 29.2 Å². The normalized spacial score (nSPS) is 18.1. The fourth-order valence-electron chi connectivity index (χ4n) is 2.25. The molecule has 0 fully saturated rings. The van der Waals surface area contributed by atoms with E-state index < -0.39 is 6.04 Å². The third-order valence-corrected chi connectivity index (χ3v) is 5.55. The molecule has 2 aromatic rings. The molecule has 0 saturated carbocycles. The number of Topliss-reactive ketones (excluding diaryl/α,β-unsaturated/α-hetero) is 1. The molecule has 1 aliphatic heterocycles. The number of nitrogens with zero attached hydrogens (tertiary/aromatic N) is 2. The SMILES string of the molecule is Cc1nc(NC(=O)C2C(=O)c3ccccc3SN2C)sc1C. The largest absolute Gasteiger partial charge is 0.300 e. The van der Waals surface area contributed by atoms with Crippen molar-refractivity contribution in [3.63, 3.8) is 0 Å². The minimum absolute atomic E-state index is 0.181. The van der Waals surface area contributed by atoms with Gasteiger partial charge in [-0.25, -0.2) is 9.29 Å². The highest BCUT2D eigenvalue weighted by Gasteiger charge is 2.37. The van der Waals surface area contributed by atoms with E-state index in [9.17, 15) is 9.59 Å². The van der Waals surface area contributed by atoms with E-state index in [0.29, 0.717) is 10.7 Å². The minimum atomic E-state index is -0.843.